The molecule has 2 fully saturated rings. The summed E-state index contributed by atoms with van der Waals surface area (Å²) in [5, 5.41) is 19.9. The average Bonchev–Trinajstić information content (AvgIpc) is 3.37. The summed E-state index contributed by atoms with van der Waals surface area (Å²) < 4.78 is 36.1. The van der Waals surface area contributed by atoms with Crippen molar-refractivity contribution >= 4 is 13.6 Å². The van der Waals surface area contributed by atoms with Crippen LogP contribution >= 0.6 is 7.82 Å². The van der Waals surface area contributed by atoms with Crippen LogP contribution in [-0.2, 0) is 23.1 Å². The van der Waals surface area contributed by atoms with E-state index in [1.54, 1.807) is 0 Å². The van der Waals surface area contributed by atoms with Crippen molar-refractivity contribution in [3.63, 3.8) is 0 Å². The molecule has 2 aliphatic heterocycles. The molecule has 0 radical (unpaired) electrons. The number of rotatable bonds is 8. The summed E-state index contributed by atoms with van der Waals surface area (Å²) in [6, 6.07) is 1.38. The standard InChI is InChI=1S/C19H26N5O11P.H3N/c1-9-6-24(19(29)22-17(9)27)16-5-11(12(7-25)33-16)35-36(30,31)32-8-13-10(26)4-15(34-13)23-3-2-14(20)21-18(23)28;/h2-3,6,10-13,15-16,25-26H,4-5,7-8H2,1H3,(H,30,31)(H2,20,21,28)(H,22,27,29);1H3/t10-,11-,12+,13+,15+,16+;/m0./s1. The van der Waals surface area contributed by atoms with Crippen LogP contribution in [0.25, 0.3) is 0 Å². The Balaban J connectivity index is 0.00000380. The van der Waals surface area contributed by atoms with E-state index < -0.39 is 74.8 Å². The molecule has 1 unspecified atom stereocenters. The van der Waals surface area contributed by atoms with Gasteiger partial charge in [-0.25, -0.2) is 14.2 Å². The first kappa shape index (κ1) is 28.8. The van der Waals surface area contributed by atoms with Gasteiger partial charge in [-0.2, -0.15) is 4.98 Å². The third-order valence-electron chi connectivity index (χ3n) is 5.85. The highest BCUT2D eigenvalue weighted by atomic mass is 31.2. The Labute approximate surface area is 208 Å². The number of anilines is 1. The van der Waals surface area contributed by atoms with E-state index in [4.69, 9.17) is 24.3 Å². The van der Waals surface area contributed by atoms with Crippen LogP contribution in [0, 0.1) is 6.92 Å². The van der Waals surface area contributed by atoms with Gasteiger partial charge < -0.3 is 36.5 Å². The maximum absolute atomic E-state index is 12.6. The van der Waals surface area contributed by atoms with Crippen LogP contribution in [0.1, 0.15) is 30.9 Å². The quantitative estimate of drug-likeness (QED) is 0.200. The van der Waals surface area contributed by atoms with Crippen LogP contribution < -0.4 is 28.8 Å². The van der Waals surface area contributed by atoms with E-state index in [2.05, 4.69) is 9.97 Å². The second-order valence-electron chi connectivity index (χ2n) is 8.41. The van der Waals surface area contributed by atoms with Gasteiger partial charge in [0.05, 0.1) is 19.3 Å². The van der Waals surface area contributed by atoms with Gasteiger partial charge in [-0.3, -0.25) is 28.0 Å². The monoisotopic (exact) mass is 548 g/mol. The number of phosphoric acid groups is 1. The zero-order valence-electron chi connectivity index (χ0n) is 19.7. The van der Waals surface area contributed by atoms with E-state index in [-0.39, 0.29) is 30.4 Å². The minimum absolute atomic E-state index is 0. The van der Waals surface area contributed by atoms with Crippen LogP contribution in [0.5, 0.6) is 0 Å². The fourth-order valence-electron chi connectivity index (χ4n) is 4.00. The topological polar surface area (TPSA) is 265 Å². The zero-order valence-corrected chi connectivity index (χ0v) is 20.6. The highest BCUT2D eigenvalue weighted by molar-refractivity contribution is 7.47. The lowest BCUT2D eigenvalue weighted by Crippen LogP contribution is -2.33. The number of aliphatic hydroxyl groups excluding tert-OH is 2. The maximum Gasteiger partial charge on any atom is 0.472 e. The molecule has 2 aromatic heterocycles. The van der Waals surface area contributed by atoms with Gasteiger partial charge in [-0.1, -0.05) is 0 Å². The van der Waals surface area contributed by atoms with Crippen molar-refractivity contribution in [3.8, 4) is 0 Å². The number of nitrogens with one attached hydrogen (secondary N) is 1. The van der Waals surface area contributed by atoms with Crippen molar-refractivity contribution in [2.24, 2.45) is 0 Å². The molecule has 0 aromatic carbocycles. The molecule has 17 nitrogen and oxygen atoms in total. The number of aromatic amines is 1. The molecule has 7 atom stereocenters. The molecular formula is C19H29N6O11P. The van der Waals surface area contributed by atoms with Crippen LogP contribution in [-0.4, -0.2) is 71.8 Å². The second kappa shape index (κ2) is 11.3. The first-order chi connectivity index (χ1) is 17.0. The molecule has 4 heterocycles. The molecule has 2 saturated heterocycles. The zero-order chi connectivity index (χ0) is 26.2. The number of hydrogen-bond acceptors (Lipinski definition) is 13. The Kier molecular flexibility index (Phi) is 8.84. The molecule has 2 aromatic rings. The first-order valence-electron chi connectivity index (χ1n) is 10.9. The number of hydrogen-bond donors (Lipinski definition) is 6. The molecule has 2 aliphatic rings. The van der Waals surface area contributed by atoms with Crippen molar-refractivity contribution in [1.82, 2.24) is 25.3 Å². The number of aromatic nitrogens is 4. The van der Waals surface area contributed by atoms with Crippen molar-refractivity contribution in [1.29, 1.82) is 0 Å². The van der Waals surface area contributed by atoms with E-state index in [0.29, 0.717) is 0 Å². The lowest BCUT2D eigenvalue weighted by molar-refractivity contribution is -0.0575. The second-order valence-corrected chi connectivity index (χ2v) is 9.81. The van der Waals surface area contributed by atoms with Gasteiger partial charge in [0.2, 0.25) is 0 Å². The summed E-state index contributed by atoms with van der Waals surface area (Å²) in [5.41, 5.74) is 3.69. The highest BCUT2D eigenvalue weighted by Gasteiger charge is 2.43. The third-order valence-corrected chi connectivity index (χ3v) is 6.87. The highest BCUT2D eigenvalue weighted by Crippen LogP contribution is 2.48. The van der Waals surface area contributed by atoms with Gasteiger partial charge in [0.1, 0.15) is 36.6 Å². The van der Waals surface area contributed by atoms with Gasteiger partial charge in [-0.15, -0.1) is 0 Å². The number of nitrogen functional groups attached to an aromatic ring is 1. The maximum atomic E-state index is 12.6. The molecule has 0 saturated carbocycles. The molecule has 4 rings (SSSR count). The van der Waals surface area contributed by atoms with E-state index in [1.165, 1.54) is 25.4 Å². The number of aryl methyl sites for hydroxylation is 1. The molecule has 0 aliphatic carbocycles. The van der Waals surface area contributed by atoms with Crippen molar-refractivity contribution in [3.05, 3.63) is 55.3 Å². The van der Waals surface area contributed by atoms with Gasteiger partial charge in [-0.05, 0) is 13.0 Å². The van der Waals surface area contributed by atoms with Crippen LogP contribution in [0.3, 0.4) is 0 Å². The summed E-state index contributed by atoms with van der Waals surface area (Å²) in [4.78, 5) is 51.7. The number of phosphoric ester groups is 1. The Morgan fingerprint density at radius 3 is 2.57 bits per heavy atom. The summed E-state index contributed by atoms with van der Waals surface area (Å²) in [6.45, 7) is 0.345. The minimum Gasteiger partial charge on any atom is -0.394 e. The minimum atomic E-state index is -4.75. The number of nitrogens with zero attached hydrogens (tertiary/aromatic N) is 3. The van der Waals surface area contributed by atoms with Crippen molar-refractivity contribution < 1.29 is 38.2 Å². The Morgan fingerprint density at radius 1 is 1.22 bits per heavy atom. The van der Waals surface area contributed by atoms with Crippen LogP contribution in [0.4, 0.5) is 5.82 Å². The van der Waals surface area contributed by atoms with Gasteiger partial charge in [0.25, 0.3) is 5.56 Å². The van der Waals surface area contributed by atoms with Crippen LogP contribution in [0.2, 0.25) is 0 Å². The largest absolute Gasteiger partial charge is 0.472 e. The molecule has 18 heteroatoms. The van der Waals surface area contributed by atoms with Gasteiger partial charge in [0, 0.05) is 30.8 Å². The molecule has 37 heavy (non-hydrogen) atoms. The summed E-state index contributed by atoms with van der Waals surface area (Å²) in [6.07, 6.45) is -3.76. The number of nitrogens with two attached hydrogens (primary N) is 1. The number of ether oxygens (including phenoxy) is 2. The number of H-pyrrole nitrogens is 1. The Hall–Kier alpha value is -2.73. The van der Waals surface area contributed by atoms with Crippen molar-refractivity contribution in [2.75, 3.05) is 18.9 Å². The fraction of sp³-hybridized carbons (Fsp3) is 0.579. The molecule has 206 valence electrons. The normalized spacial score (nSPS) is 29.1. The third kappa shape index (κ3) is 6.40. The van der Waals surface area contributed by atoms with Gasteiger partial charge >= 0.3 is 19.2 Å². The lowest BCUT2D eigenvalue weighted by atomic mass is 10.2. The smallest absolute Gasteiger partial charge is 0.394 e. The lowest BCUT2D eigenvalue weighted by Gasteiger charge is -2.21. The molecule has 0 spiro atoms. The average molecular weight is 548 g/mol. The molecule has 0 amide bonds. The fourth-order valence-corrected chi connectivity index (χ4v) is 4.96. The van der Waals surface area contributed by atoms with Gasteiger partial charge in [0.15, 0.2) is 0 Å². The van der Waals surface area contributed by atoms with E-state index in [0.717, 1.165) is 9.13 Å². The Morgan fingerprint density at radius 2 is 1.89 bits per heavy atom. The number of aliphatic hydroxyl groups is 2. The Bertz CT molecular complexity index is 1330. The van der Waals surface area contributed by atoms with Crippen molar-refractivity contribution in [2.45, 2.75) is 56.6 Å². The molecule has 0 bridgehead atoms. The van der Waals surface area contributed by atoms with E-state index >= 15 is 0 Å². The van der Waals surface area contributed by atoms with E-state index in [1.807, 2.05) is 0 Å². The first-order valence-corrected chi connectivity index (χ1v) is 12.4. The summed E-state index contributed by atoms with van der Waals surface area (Å²) >= 11 is 0. The molecular weight excluding hydrogens is 519 g/mol. The predicted octanol–water partition coefficient (Wildman–Crippen LogP) is -1.72. The molecule has 9 N–H and O–H groups in total. The predicted molar refractivity (Wildman–Crippen MR) is 125 cm³/mol. The summed E-state index contributed by atoms with van der Waals surface area (Å²) in [7, 11) is -4.75. The SMILES string of the molecule is Cc1cn([C@H]2C[C@H](OP(=O)(O)OC[C@H]3O[C@@H](n4ccc(N)nc4=O)C[C@@H]3O)[C@@H](CO)O2)c(=O)[nH]c1=O.N. The van der Waals surface area contributed by atoms with Crippen LogP contribution in [0.15, 0.2) is 32.8 Å². The summed E-state index contributed by atoms with van der Waals surface area (Å²) in [5.74, 6) is 0.0212. The van der Waals surface area contributed by atoms with E-state index in [9.17, 15) is 34.1 Å².